The Bertz CT molecular complexity index is 604. The molecule has 1 aliphatic rings. The van der Waals surface area contributed by atoms with E-state index in [1.807, 2.05) is 49.4 Å². The molecule has 0 spiro atoms. The van der Waals surface area contributed by atoms with Crippen LogP contribution in [0.5, 0.6) is 11.5 Å². The molecule has 108 valence electrons. The third-order valence-corrected chi connectivity index (χ3v) is 3.64. The summed E-state index contributed by atoms with van der Waals surface area (Å²) in [5.74, 6) is 1.56. The van der Waals surface area contributed by atoms with Crippen molar-refractivity contribution < 1.29 is 14.3 Å². The quantitative estimate of drug-likeness (QED) is 0.787. The van der Waals surface area contributed by atoms with Gasteiger partial charge in [-0.3, -0.25) is 4.79 Å². The lowest BCUT2D eigenvalue weighted by atomic mass is 10.0. The van der Waals surface area contributed by atoms with E-state index in [2.05, 4.69) is 0 Å². The number of para-hydroxylation sites is 1. The van der Waals surface area contributed by atoms with Crippen molar-refractivity contribution in [1.82, 2.24) is 0 Å². The summed E-state index contributed by atoms with van der Waals surface area (Å²) < 4.78 is 11.3. The van der Waals surface area contributed by atoms with Crippen LogP contribution in [0.1, 0.15) is 30.1 Å². The molecule has 0 radical (unpaired) electrons. The molecular formula is C18H18O3. The average Bonchev–Trinajstić information content (AvgIpc) is 2.95. The largest absolute Gasteiger partial charge is 0.457 e. The Morgan fingerprint density at radius 3 is 2.29 bits per heavy atom. The SMILES string of the molecule is CC1CCC(C(=O)c2ccc(Oc3ccccc3)cc2)O1. The number of ketones is 1. The highest BCUT2D eigenvalue weighted by atomic mass is 16.5. The summed E-state index contributed by atoms with van der Waals surface area (Å²) in [6, 6.07) is 16.8. The van der Waals surface area contributed by atoms with Crippen molar-refractivity contribution in [3.05, 3.63) is 60.2 Å². The number of hydrogen-bond acceptors (Lipinski definition) is 3. The highest BCUT2D eigenvalue weighted by molar-refractivity contribution is 5.99. The van der Waals surface area contributed by atoms with Crippen LogP contribution in [-0.4, -0.2) is 18.0 Å². The standard InChI is InChI=1S/C18H18O3/c1-13-7-12-17(20-13)18(19)14-8-10-16(11-9-14)21-15-5-3-2-4-6-15/h2-6,8-11,13,17H,7,12H2,1H3. The van der Waals surface area contributed by atoms with Crippen LogP contribution < -0.4 is 4.74 Å². The van der Waals surface area contributed by atoms with Gasteiger partial charge < -0.3 is 9.47 Å². The van der Waals surface area contributed by atoms with Gasteiger partial charge in [-0.2, -0.15) is 0 Å². The summed E-state index contributed by atoms with van der Waals surface area (Å²) in [5, 5.41) is 0. The van der Waals surface area contributed by atoms with Gasteiger partial charge in [0, 0.05) is 5.56 Å². The molecule has 1 heterocycles. The second-order valence-corrected chi connectivity index (χ2v) is 5.32. The first-order valence-corrected chi connectivity index (χ1v) is 7.25. The van der Waals surface area contributed by atoms with E-state index in [4.69, 9.17) is 9.47 Å². The van der Waals surface area contributed by atoms with Gasteiger partial charge in [-0.25, -0.2) is 0 Å². The number of rotatable bonds is 4. The Morgan fingerprint density at radius 1 is 1.00 bits per heavy atom. The van der Waals surface area contributed by atoms with Gasteiger partial charge in [0.15, 0.2) is 5.78 Å². The second kappa shape index (κ2) is 6.10. The van der Waals surface area contributed by atoms with Gasteiger partial charge in [-0.05, 0) is 56.2 Å². The van der Waals surface area contributed by atoms with Crippen molar-refractivity contribution in [2.75, 3.05) is 0 Å². The van der Waals surface area contributed by atoms with E-state index < -0.39 is 0 Å². The lowest BCUT2D eigenvalue weighted by Crippen LogP contribution is -2.20. The van der Waals surface area contributed by atoms with Gasteiger partial charge in [0.05, 0.1) is 6.10 Å². The normalized spacial score (nSPS) is 21.2. The van der Waals surface area contributed by atoms with Gasteiger partial charge in [-0.15, -0.1) is 0 Å². The molecule has 2 atom stereocenters. The van der Waals surface area contributed by atoms with E-state index in [1.165, 1.54) is 0 Å². The van der Waals surface area contributed by atoms with Crippen molar-refractivity contribution in [1.29, 1.82) is 0 Å². The first-order chi connectivity index (χ1) is 10.2. The van der Waals surface area contributed by atoms with E-state index >= 15 is 0 Å². The minimum Gasteiger partial charge on any atom is -0.457 e. The molecule has 2 unspecified atom stereocenters. The van der Waals surface area contributed by atoms with Crippen LogP contribution in [0, 0.1) is 0 Å². The number of carbonyl (C=O) groups excluding carboxylic acids is 1. The lowest BCUT2D eigenvalue weighted by Gasteiger charge is -2.11. The first kappa shape index (κ1) is 13.8. The van der Waals surface area contributed by atoms with Crippen LogP contribution in [0.25, 0.3) is 0 Å². The van der Waals surface area contributed by atoms with E-state index in [0.717, 1.165) is 24.3 Å². The van der Waals surface area contributed by atoms with Gasteiger partial charge in [-0.1, -0.05) is 18.2 Å². The highest BCUT2D eigenvalue weighted by Gasteiger charge is 2.28. The maximum Gasteiger partial charge on any atom is 0.191 e. The maximum atomic E-state index is 12.3. The molecule has 3 heteroatoms. The number of benzene rings is 2. The van der Waals surface area contributed by atoms with Crippen molar-refractivity contribution in [3.8, 4) is 11.5 Å². The number of Topliss-reactive ketones (excluding diaryl/α,β-unsaturated/α-hetero) is 1. The summed E-state index contributed by atoms with van der Waals surface area (Å²) in [7, 11) is 0. The summed E-state index contributed by atoms with van der Waals surface area (Å²) >= 11 is 0. The van der Waals surface area contributed by atoms with Gasteiger partial charge in [0.1, 0.15) is 17.6 Å². The average molecular weight is 282 g/mol. The molecular weight excluding hydrogens is 264 g/mol. The maximum absolute atomic E-state index is 12.3. The molecule has 0 N–H and O–H groups in total. The smallest absolute Gasteiger partial charge is 0.191 e. The third-order valence-electron chi connectivity index (χ3n) is 3.64. The van der Waals surface area contributed by atoms with E-state index in [1.54, 1.807) is 12.1 Å². The summed E-state index contributed by atoms with van der Waals surface area (Å²) in [4.78, 5) is 12.3. The monoisotopic (exact) mass is 282 g/mol. The predicted octanol–water partition coefficient (Wildman–Crippen LogP) is 4.23. The summed E-state index contributed by atoms with van der Waals surface area (Å²) in [6.45, 7) is 2.00. The molecule has 0 aliphatic carbocycles. The third kappa shape index (κ3) is 3.31. The molecule has 0 saturated carbocycles. The Labute approximate surface area is 124 Å². The molecule has 21 heavy (non-hydrogen) atoms. The molecule has 1 saturated heterocycles. The second-order valence-electron chi connectivity index (χ2n) is 5.32. The summed E-state index contributed by atoms with van der Waals surface area (Å²) in [5.41, 5.74) is 0.675. The summed E-state index contributed by atoms with van der Waals surface area (Å²) in [6.07, 6.45) is 1.65. The Kier molecular flexibility index (Phi) is 4.02. The zero-order valence-electron chi connectivity index (χ0n) is 12.0. The van der Waals surface area contributed by atoms with Crippen molar-refractivity contribution in [2.45, 2.75) is 32.0 Å². The van der Waals surface area contributed by atoms with Gasteiger partial charge in [0.25, 0.3) is 0 Å². The predicted molar refractivity (Wildman–Crippen MR) is 80.9 cm³/mol. The molecule has 3 rings (SSSR count). The van der Waals surface area contributed by atoms with Crippen LogP contribution in [0.4, 0.5) is 0 Å². The Hall–Kier alpha value is -2.13. The molecule has 2 aromatic rings. The number of carbonyl (C=O) groups is 1. The van der Waals surface area contributed by atoms with Crippen molar-refractivity contribution in [3.63, 3.8) is 0 Å². The van der Waals surface area contributed by atoms with E-state index in [9.17, 15) is 4.79 Å². The van der Waals surface area contributed by atoms with Crippen LogP contribution in [0.15, 0.2) is 54.6 Å². The van der Waals surface area contributed by atoms with E-state index in [-0.39, 0.29) is 18.0 Å². The molecule has 0 aromatic heterocycles. The first-order valence-electron chi connectivity index (χ1n) is 7.25. The Balaban J connectivity index is 1.68. The number of ether oxygens (including phenoxy) is 2. The zero-order valence-corrected chi connectivity index (χ0v) is 12.0. The van der Waals surface area contributed by atoms with Crippen molar-refractivity contribution >= 4 is 5.78 Å². The molecule has 0 amide bonds. The Morgan fingerprint density at radius 2 is 1.67 bits per heavy atom. The van der Waals surface area contributed by atoms with Crippen LogP contribution in [0.2, 0.25) is 0 Å². The van der Waals surface area contributed by atoms with Crippen molar-refractivity contribution in [2.24, 2.45) is 0 Å². The molecule has 3 nitrogen and oxygen atoms in total. The fourth-order valence-electron chi connectivity index (χ4n) is 2.49. The zero-order chi connectivity index (χ0) is 14.7. The molecule has 1 aliphatic heterocycles. The molecule has 1 fully saturated rings. The van der Waals surface area contributed by atoms with Gasteiger partial charge in [0.2, 0.25) is 0 Å². The highest BCUT2D eigenvalue weighted by Crippen LogP contribution is 2.25. The van der Waals surface area contributed by atoms with Gasteiger partial charge >= 0.3 is 0 Å². The topological polar surface area (TPSA) is 35.5 Å². The van der Waals surface area contributed by atoms with Crippen LogP contribution >= 0.6 is 0 Å². The molecule has 2 aromatic carbocycles. The minimum atomic E-state index is -0.291. The molecule has 0 bridgehead atoms. The van der Waals surface area contributed by atoms with Crippen LogP contribution in [-0.2, 0) is 4.74 Å². The fourth-order valence-corrected chi connectivity index (χ4v) is 2.49. The fraction of sp³-hybridized carbons (Fsp3) is 0.278. The number of hydrogen-bond donors (Lipinski definition) is 0. The minimum absolute atomic E-state index is 0.0608. The lowest BCUT2D eigenvalue weighted by molar-refractivity contribution is 0.0433. The van der Waals surface area contributed by atoms with Crippen LogP contribution in [0.3, 0.4) is 0 Å². The van der Waals surface area contributed by atoms with E-state index in [0.29, 0.717) is 5.56 Å².